The molecular formula is C22H21ClO4. The first-order valence-corrected chi connectivity index (χ1v) is 9.06. The molecule has 0 fully saturated rings. The van der Waals surface area contributed by atoms with E-state index in [0.29, 0.717) is 10.6 Å². The number of carbonyl (C=O) groups excluding carboxylic acids is 1. The topological polar surface area (TPSA) is 55.8 Å². The second-order valence-corrected chi connectivity index (χ2v) is 6.67. The Labute approximate surface area is 163 Å². The Bertz CT molecular complexity index is 980. The molecule has 3 aromatic carbocycles. The van der Waals surface area contributed by atoms with Crippen LogP contribution >= 0.6 is 11.6 Å². The van der Waals surface area contributed by atoms with Crippen molar-refractivity contribution in [3.8, 4) is 16.9 Å². The molecule has 140 valence electrons. The SMILES string of the molecule is CCOC(=O)[C@H](O)c1c(C)cc2cc(OC)ccc2c1-c1ccc(Cl)cc1. The van der Waals surface area contributed by atoms with Crippen molar-refractivity contribution < 1.29 is 19.4 Å². The predicted molar refractivity (Wildman–Crippen MR) is 107 cm³/mol. The van der Waals surface area contributed by atoms with Gasteiger partial charge >= 0.3 is 5.97 Å². The van der Waals surface area contributed by atoms with Crippen molar-refractivity contribution in [2.75, 3.05) is 13.7 Å². The molecule has 3 rings (SSSR count). The minimum Gasteiger partial charge on any atom is -0.497 e. The molecule has 0 heterocycles. The standard InChI is InChI=1S/C22H21ClO4/c1-4-27-22(25)21(24)19-13(2)11-15-12-17(26-3)9-10-18(15)20(19)14-5-7-16(23)8-6-14/h5-12,21,24H,4H2,1-3H3/t21-/m1/s1. The third-order valence-electron chi connectivity index (χ3n) is 4.51. The lowest BCUT2D eigenvalue weighted by molar-refractivity contribution is -0.153. The number of aliphatic hydroxyl groups is 1. The first kappa shape index (κ1) is 19.2. The average molecular weight is 385 g/mol. The van der Waals surface area contributed by atoms with Gasteiger partial charge in [-0.15, -0.1) is 0 Å². The van der Waals surface area contributed by atoms with Gasteiger partial charge < -0.3 is 14.6 Å². The van der Waals surface area contributed by atoms with E-state index in [1.54, 1.807) is 26.2 Å². The number of esters is 1. The number of benzene rings is 3. The van der Waals surface area contributed by atoms with Gasteiger partial charge in [0.25, 0.3) is 0 Å². The molecule has 0 spiro atoms. The zero-order chi connectivity index (χ0) is 19.6. The molecule has 0 radical (unpaired) electrons. The molecule has 5 heteroatoms. The summed E-state index contributed by atoms with van der Waals surface area (Å²) in [4.78, 5) is 12.3. The van der Waals surface area contributed by atoms with E-state index >= 15 is 0 Å². The predicted octanol–water partition coefficient (Wildman–Crippen LogP) is 5.07. The maximum Gasteiger partial charge on any atom is 0.339 e. The van der Waals surface area contributed by atoms with Crippen molar-refractivity contribution in [2.24, 2.45) is 0 Å². The Morgan fingerprint density at radius 3 is 2.48 bits per heavy atom. The number of hydrogen-bond donors (Lipinski definition) is 1. The largest absolute Gasteiger partial charge is 0.497 e. The number of aryl methyl sites for hydroxylation is 1. The lowest BCUT2D eigenvalue weighted by atomic mass is 9.87. The molecule has 1 atom stereocenters. The van der Waals surface area contributed by atoms with Gasteiger partial charge in [-0.3, -0.25) is 0 Å². The Kier molecular flexibility index (Phi) is 5.68. The Balaban J connectivity index is 2.33. The molecule has 1 N–H and O–H groups in total. The van der Waals surface area contributed by atoms with Crippen molar-refractivity contribution in [3.63, 3.8) is 0 Å². The minimum absolute atomic E-state index is 0.204. The fraction of sp³-hybridized carbons (Fsp3) is 0.227. The van der Waals surface area contributed by atoms with E-state index in [1.807, 2.05) is 43.3 Å². The van der Waals surface area contributed by atoms with Gasteiger partial charge in [0.15, 0.2) is 6.10 Å². The Hall–Kier alpha value is -2.56. The first-order chi connectivity index (χ1) is 13.0. The van der Waals surface area contributed by atoms with Crippen molar-refractivity contribution in [1.82, 2.24) is 0 Å². The first-order valence-electron chi connectivity index (χ1n) is 8.68. The molecule has 0 amide bonds. The van der Waals surface area contributed by atoms with Crippen LogP contribution in [-0.4, -0.2) is 24.8 Å². The van der Waals surface area contributed by atoms with Gasteiger partial charge in [0.05, 0.1) is 13.7 Å². The monoisotopic (exact) mass is 384 g/mol. The van der Waals surface area contributed by atoms with E-state index in [4.69, 9.17) is 21.1 Å². The van der Waals surface area contributed by atoms with Crippen LogP contribution in [0.3, 0.4) is 0 Å². The summed E-state index contributed by atoms with van der Waals surface area (Å²) in [5, 5.41) is 13.2. The lowest BCUT2D eigenvalue weighted by Gasteiger charge is -2.20. The number of halogens is 1. The van der Waals surface area contributed by atoms with Gasteiger partial charge in [-0.1, -0.05) is 35.9 Å². The molecule has 0 aliphatic carbocycles. The van der Waals surface area contributed by atoms with E-state index in [9.17, 15) is 9.90 Å². The minimum atomic E-state index is -1.37. The van der Waals surface area contributed by atoms with E-state index < -0.39 is 12.1 Å². The highest BCUT2D eigenvalue weighted by molar-refractivity contribution is 6.30. The van der Waals surface area contributed by atoms with E-state index in [1.165, 1.54) is 0 Å². The van der Waals surface area contributed by atoms with Gasteiger partial charge in [0.1, 0.15) is 5.75 Å². The fourth-order valence-corrected chi connectivity index (χ4v) is 3.41. The molecule has 0 unspecified atom stereocenters. The zero-order valence-corrected chi connectivity index (χ0v) is 16.2. The molecule has 0 aromatic heterocycles. The van der Waals surface area contributed by atoms with Gasteiger partial charge in [-0.2, -0.15) is 0 Å². The van der Waals surface area contributed by atoms with E-state index in [2.05, 4.69) is 0 Å². The second-order valence-electron chi connectivity index (χ2n) is 6.23. The van der Waals surface area contributed by atoms with Crippen LogP contribution in [0.15, 0.2) is 48.5 Å². The van der Waals surface area contributed by atoms with Gasteiger partial charge in [-0.25, -0.2) is 4.79 Å². The number of methoxy groups -OCH3 is 1. The van der Waals surface area contributed by atoms with Gasteiger partial charge in [0, 0.05) is 10.6 Å². The molecule has 0 saturated carbocycles. The maximum absolute atomic E-state index is 12.3. The second kappa shape index (κ2) is 7.99. The van der Waals surface area contributed by atoms with Crippen LogP contribution < -0.4 is 4.74 Å². The summed E-state index contributed by atoms with van der Waals surface area (Å²) in [6.45, 7) is 3.79. The molecule has 0 aliphatic rings. The fourth-order valence-electron chi connectivity index (χ4n) is 3.29. The molecule has 0 saturated heterocycles. The molecular weight excluding hydrogens is 364 g/mol. The number of aliphatic hydroxyl groups excluding tert-OH is 1. The van der Waals surface area contributed by atoms with Crippen LogP contribution in [0.25, 0.3) is 21.9 Å². The summed E-state index contributed by atoms with van der Waals surface area (Å²) in [6, 6.07) is 15.0. The average Bonchev–Trinajstić information content (AvgIpc) is 2.66. The quantitative estimate of drug-likeness (QED) is 0.623. The van der Waals surface area contributed by atoms with Crippen molar-refractivity contribution in [2.45, 2.75) is 20.0 Å². The maximum atomic E-state index is 12.3. The van der Waals surface area contributed by atoms with Crippen molar-refractivity contribution in [1.29, 1.82) is 0 Å². The molecule has 27 heavy (non-hydrogen) atoms. The molecule has 0 bridgehead atoms. The number of carbonyl (C=O) groups is 1. The zero-order valence-electron chi connectivity index (χ0n) is 15.5. The van der Waals surface area contributed by atoms with E-state index in [0.717, 1.165) is 33.2 Å². The number of ether oxygens (including phenoxy) is 2. The summed E-state index contributed by atoms with van der Waals surface area (Å²) in [5.74, 6) is 0.0753. The smallest absolute Gasteiger partial charge is 0.339 e. The summed E-state index contributed by atoms with van der Waals surface area (Å²) in [5.41, 5.74) is 2.97. The van der Waals surface area contributed by atoms with Crippen molar-refractivity contribution in [3.05, 3.63) is 64.7 Å². The van der Waals surface area contributed by atoms with Crippen LogP contribution in [0, 0.1) is 6.92 Å². The number of fused-ring (bicyclic) bond motifs is 1. The molecule has 4 nitrogen and oxygen atoms in total. The highest BCUT2D eigenvalue weighted by atomic mass is 35.5. The third-order valence-corrected chi connectivity index (χ3v) is 4.76. The van der Waals surface area contributed by atoms with Gasteiger partial charge in [0.2, 0.25) is 0 Å². The summed E-state index contributed by atoms with van der Waals surface area (Å²) >= 11 is 6.04. The summed E-state index contributed by atoms with van der Waals surface area (Å²) < 4.78 is 10.4. The van der Waals surface area contributed by atoms with Crippen LogP contribution in [0.1, 0.15) is 24.2 Å². The Morgan fingerprint density at radius 2 is 1.85 bits per heavy atom. The molecule has 3 aromatic rings. The molecule has 0 aliphatic heterocycles. The summed E-state index contributed by atoms with van der Waals surface area (Å²) in [6.07, 6.45) is -1.37. The lowest BCUT2D eigenvalue weighted by Crippen LogP contribution is -2.17. The summed E-state index contributed by atoms with van der Waals surface area (Å²) in [7, 11) is 1.62. The third kappa shape index (κ3) is 3.77. The van der Waals surface area contributed by atoms with Crippen LogP contribution in [-0.2, 0) is 9.53 Å². The highest BCUT2D eigenvalue weighted by Crippen LogP contribution is 2.39. The highest BCUT2D eigenvalue weighted by Gasteiger charge is 2.26. The van der Waals surface area contributed by atoms with Crippen LogP contribution in [0.4, 0.5) is 0 Å². The van der Waals surface area contributed by atoms with Crippen molar-refractivity contribution >= 4 is 28.3 Å². The normalized spacial score (nSPS) is 12.0. The van der Waals surface area contributed by atoms with Crippen LogP contribution in [0.2, 0.25) is 5.02 Å². The number of hydrogen-bond acceptors (Lipinski definition) is 4. The Morgan fingerprint density at radius 1 is 1.15 bits per heavy atom. The number of rotatable bonds is 5. The van der Waals surface area contributed by atoms with Crippen LogP contribution in [0.5, 0.6) is 5.75 Å². The van der Waals surface area contributed by atoms with E-state index in [-0.39, 0.29) is 6.61 Å². The van der Waals surface area contributed by atoms with Gasteiger partial charge in [-0.05, 0) is 65.6 Å².